The van der Waals surface area contributed by atoms with Crippen molar-refractivity contribution < 1.29 is 14.4 Å². The minimum Gasteiger partial charge on any atom is -0.299 e. The molecule has 0 bridgehead atoms. The van der Waals surface area contributed by atoms with E-state index in [1.165, 1.54) is 0 Å². The van der Waals surface area contributed by atoms with Crippen molar-refractivity contribution in [2.75, 3.05) is 0 Å². The van der Waals surface area contributed by atoms with Crippen molar-refractivity contribution in [3.8, 4) is 0 Å². The van der Waals surface area contributed by atoms with Crippen LogP contribution in [0.2, 0.25) is 0 Å². The Kier molecular flexibility index (Phi) is 2.72. The molecule has 0 aromatic rings. The van der Waals surface area contributed by atoms with Crippen LogP contribution in [0.4, 0.5) is 0 Å². The standard InChI is InChI=1S/C12H16O3/c1-2-10(13)7-3-4-8-9(5-7)12(15)6-11(8)14/h7-9H,2-6H2,1H3. The van der Waals surface area contributed by atoms with E-state index in [1.54, 1.807) is 0 Å². The molecule has 0 amide bonds. The summed E-state index contributed by atoms with van der Waals surface area (Å²) in [6, 6.07) is 0. The smallest absolute Gasteiger partial charge is 0.144 e. The lowest BCUT2D eigenvalue weighted by atomic mass is 9.73. The van der Waals surface area contributed by atoms with E-state index >= 15 is 0 Å². The van der Waals surface area contributed by atoms with Crippen molar-refractivity contribution in [3.05, 3.63) is 0 Å². The molecule has 0 spiro atoms. The van der Waals surface area contributed by atoms with Gasteiger partial charge in [-0.25, -0.2) is 0 Å². The van der Waals surface area contributed by atoms with Crippen LogP contribution in [0.25, 0.3) is 0 Å². The third-order valence-corrected chi connectivity index (χ3v) is 3.83. The van der Waals surface area contributed by atoms with Crippen molar-refractivity contribution in [3.63, 3.8) is 0 Å². The normalized spacial score (nSPS) is 35.4. The zero-order chi connectivity index (χ0) is 11.0. The Bertz CT molecular complexity index is 319. The van der Waals surface area contributed by atoms with Crippen LogP contribution in [0.1, 0.15) is 39.0 Å². The van der Waals surface area contributed by atoms with Gasteiger partial charge in [-0.2, -0.15) is 0 Å². The van der Waals surface area contributed by atoms with Crippen LogP contribution in [0.15, 0.2) is 0 Å². The minimum atomic E-state index is -0.133. The molecule has 0 aliphatic heterocycles. The molecule has 3 heteroatoms. The second kappa shape index (κ2) is 3.87. The molecule has 2 saturated carbocycles. The Hall–Kier alpha value is -0.990. The Labute approximate surface area is 89.2 Å². The van der Waals surface area contributed by atoms with Crippen LogP contribution < -0.4 is 0 Å². The van der Waals surface area contributed by atoms with Crippen LogP contribution >= 0.6 is 0 Å². The van der Waals surface area contributed by atoms with E-state index in [-0.39, 0.29) is 41.5 Å². The molecule has 2 aliphatic carbocycles. The number of hydrogen-bond donors (Lipinski definition) is 0. The first kappa shape index (κ1) is 10.5. The molecule has 0 N–H and O–H groups in total. The van der Waals surface area contributed by atoms with Gasteiger partial charge in [-0.1, -0.05) is 6.92 Å². The average molecular weight is 208 g/mol. The molecule has 15 heavy (non-hydrogen) atoms. The van der Waals surface area contributed by atoms with Gasteiger partial charge in [0, 0.05) is 24.2 Å². The Morgan fingerprint density at radius 1 is 1.20 bits per heavy atom. The maximum Gasteiger partial charge on any atom is 0.144 e. The highest BCUT2D eigenvalue weighted by Crippen LogP contribution is 2.40. The molecule has 0 aromatic heterocycles. The van der Waals surface area contributed by atoms with E-state index in [0.717, 1.165) is 12.8 Å². The van der Waals surface area contributed by atoms with E-state index in [2.05, 4.69) is 0 Å². The summed E-state index contributed by atoms with van der Waals surface area (Å²) in [5.41, 5.74) is 0. The van der Waals surface area contributed by atoms with Gasteiger partial charge in [0.1, 0.15) is 17.3 Å². The zero-order valence-electron chi connectivity index (χ0n) is 8.99. The number of rotatable bonds is 2. The van der Waals surface area contributed by atoms with E-state index in [0.29, 0.717) is 12.8 Å². The Balaban J connectivity index is 2.08. The topological polar surface area (TPSA) is 51.2 Å². The monoisotopic (exact) mass is 208 g/mol. The molecule has 0 radical (unpaired) electrons. The number of Topliss-reactive ketones (excluding diaryl/α,β-unsaturated/α-hetero) is 3. The van der Waals surface area contributed by atoms with E-state index in [4.69, 9.17) is 0 Å². The summed E-state index contributed by atoms with van der Waals surface area (Å²) in [7, 11) is 0. The van der Waals surface area contributed by atoms with Gasteiger partial charge in [-0.15, -0.1) is 0 Å². The number of fused-ring (bicyclic) bond motifs is 1. The molecular formula is C12H16O3. The van der Waals surface area contributed by atoms with E-state index < -0.39 is 0 Å². The van der Waals surface area contributed by atoms with Gasteiger partial charge in [0.2, 0.25) is 0 Å². The van der Waals surface area contributed by atoms with Crippen molar-refractivity contribution in [1.82, 2.24) is 0 Å². The zero-order valence-corrected chi connectivity index (χ0v) is 8.99. The van der Waals surface area contributed by atoms with Crippen LogP contribution in [-0.4, -0.2) is 17.3 Å². The average Bonchev–Trinajstić information content (AvgIpc) is 2.53. The number of hydrogen-bond acceptors (Lipinski definition) is 3. The molecule has 2 rings (SSSR count). The quantitative estimate of drug-likeness (QED) is 0.647. The minimum absolute atomic E-state index is 0.0334. The van der Waals surface area contributed by atoms with Crippen molar-refractivity contribution in [1.29, 1.82) is 0 Å². The summed E-state index contributed by atoms with van der Waals surface area (Å²) >= 11 is 0. The van der Waals surface area contributed by atoms with Crippen molar-refractivity contribution in [2.24, 2.45) is 17.8 Å². The molecule has 0 heterocycles. The fourth-order valence-corrected chi connectivity index (χ4v) is 2.93. The lowest BCUT2D eigenvalue weighted by Gasteiger charge is -2.28. The molecule has 3 unspecified atom stereocenters. The van der Waals surface area contributed by atoms with Crippen LogP contribution in [0.3, 0.4) is 0 Å². The summed E-state index contributed by atoms with van der Waals surface area (Å²) in [5, 5.41) is 0. The highest BCUT2D eigenvalue weighted by Gasteiger charge is 2.45. The summed E-state index contributed by atoms with van der Waals surface area (Å²) in [4.78, 5) is 34.5. The number of ketones is 3. The van der Waals surface area contributed by atoms with E-state index in [9.17, 15) is 14.4 Å². The fourth-order valence-electron chi connectivity index (χ4n) is 2.93. The fraction of sp³-hybridized carbons (Fsp3) is 0.750. The first-order chi connectivity index (χ1) is 7.13. The maximum absolute atomic E-state index is 11.5. The maximum atomic E-state index is 11.5. The largest absolute Gasteiger partial charge is 0.299 e. The predicted octanol–water partition coefficient (Wildman–Crippen LogP) is 1.54. The van der Waals surface area contributed by atoms with Gasteiger partial charge in [-0.3, -0.25) is 14.4 Å². The molecule has 0 saturated heterocycles. The summed E-state index contributed by atoms with van der Waals surface area (Å²) < 4.78 is 0. The highest BCUT2D eigenvalue weighted by atomic mass is 16.2. The Morgan fingerprint density at radius 2 is 1.87 bits per heavy atom. The van der Waals surface area contributed by atoms with Gasteiger partial charge >= 0.3 is 0 Å². The molecule has 2 fully saturated rings. The second-order valence-electron chi connectivity index (χ2n) is 4.65. The summed E-state index contributed by atoms with van der Waals surface area (Å²) in [6.45, 7) is 1.86. The summed E-state index contributed by atoms with van der Waals surface area (Å²) in [6.07, 6.45) is 2.83. The first-order valence-corrected chi connectivity index (χ1v) is 5.71. The lowest BCUT2D eigenvalue weighted by Crippen LogP contribution is -2.30. The van der Waals surface area contributed by atoms with E-state index in [1.807, 2.05) is 6.92 Å². The number of carbonyl (C=O) groups is 3. The van der Waals surface area contributed by atoms with Crippen LogP contribution in [-0.2, 0) is 14.4 Å². The highest BCUT2D eigenvalue weighted by molar-refractivity contribution is 6.08. The van der Waals surface area contributed by atoms with Crippen molar-refractivity contribution >= 4 is 17.3 Å². The predicted molar refractivity (Wildman–Crippen MR) is 54.3 cm³/mol. The first-order valence-electron chi connectivity index (χ1n) is 5.71. The van der Waals surface area contributed by atoms with Gasteiger partial charge in [0.05, 0.1) is 6.42 Å². The molecule has 0 aromatic carbocycles. The molecule has 2 aliphatic rings. The third-order valence-electron chi connectivity index (χ3n) is 3.83. The Morgan fingerprint density at radius 3 is 2.53 bits per heavy atom. The van der Waals surface area contributed by atoms with Crippen LogP contribution in [0, 0.1) is 17.8 Å². The molecular weight excluding hydrogens is 192 g/mol. The van der Waals surface area contributed by atoms with Gasteiger partial charge < -0.3 is 0 Å². The lowest BCUT2D eigenvalue weighted by molar-refractivity contribution is -0.128. The summed E-state index contributed by atoms with van der Waals surface area (Å²) in [5.74, 6) is 0.267. The molecule has 3 nitrogen and oxygen atoms in total. The number of carbonyl (C=O) groups excluding carboxylic acids is 3. The van der Waals surface area contributed by atoms with Gasteiger partial charge in [0.25, 0.3) is 0 Å². The van der Waals surface area contributed by atoms with Gasteiger partial charge in [0.15, 0.2) is 0 Å². The van der Waals surface area contributed by atoms with Crippen molar-refractivity contribution in [2.45, 2.75) is 39.0 Å². The molecule has 3 atom stereocenters. The SMILES string of the molecule is CCC(=O)C1CCC2C(=O)CC(=O)C2C1. The third kappa shape index (κ3) is 1.75. The van der Waals surface area contributed by atoms with Gasteiger partial charge in [-0.05, 0) is 19.3 Å². The molecule has 82 valence electrons. The second-order valence-corrected chi connectivity index (χ2v) is 4.65. The van der Waals surface area contributed by atoms with Crippen LogP contribution in [0.5, 0.6) is 0 Å².